The van der Waals surface area contributed by atoms with Gasteiger partial charge in [0.2, 0.25) is 0 Å². The third kappa shape index (κ3) is 5.25. The Morgan fingerprint density at radius 1 is 1.14 bits per heavy atom. The summed E-state index contributed by atoms with van der Waals surface area (Å²) in [4.78, 5) is 25.8. The number of rotatable bonds is 8. The highest BCUT2D eigenvalue weighted by molar-refractivity contribution is 5.95. The Hall–Kier alpha value is -3.09. The third-order valence-electron chi connectivity index (χ3n) is 5.29. The molecule has 154 valence electrons. The molecule has 1 unspecified atom stereocenters. The zero-order valence-corrected chi connectivity index (χ0v) is 16.9. The molecule has 1 saturated heterocycles. The summed E-state index contributed by atoms with van der Waals surface area (Å²) < 4.78 is 0. The number of nitro benzene ring substituents is 1. The largest absolute Gasteiger partial charge is 0.380 e. The van der Waals surface area contributed by atoms with Crippen molar-refractivity contribution in [1.82, 2.24) is 5.32 Å². The van der Waals surface area contributed by atoms with Gasteiger partial charge in [-0.2, -0.15) is 0 Å². The smallest absolute Gasteiger partial charge is 0.293 e. The highest BCUT2D eigenvalue weighted by atomic mass is 16.6. The van der Waals surface area contributed by atoms with Crippen LogP contribution in [0.1, 0.15) is 37.0 Å². The molecule has 0 aliphatic carbocycles. The van der Waals surface area contributed by atoms with Gasteiger partial charge in [0, 0.05) is 43.0 Å². The molecule has 3 rings (SSSR count). The number of carbonyl (C=O) groups excluding carboxylic acids is 1. The van der Waals surface area contributed by atoms with E-state index in [4.69, 9.17) is 0 Å². The van der Waals surface area contributed by atoms with Gasteiger partial charge in [-0.25, -0.2) is 0 Å². The molecular formula is C22H28N4O3. The summed E-state index contributed by atoms with van der Waals surface area (Å²) in [5, 5.41) is 17.9. The fourth-order valence-corrected chi connectivity index (χ4v) is 3.54. The van der Waals surface area contributed by atoms with Crippen LogP contribution in [0, 0.1) is 16.0 Å². The Balaban J connectivity index is 1.69. The summed E-state index contributed by atoms with van der Waals surface area (Å²) >= 11 is 0. The Bertz CT molecular complexity index is 848. The molecule has 1 amide bonds. The molecule has 2 N–H and O–H groups in total. The molecule has 1 aliphatic heterocycles. The number of nitrogens with one attached hydrogen (secondary N) is 2. The van der Waals surface area contributed by atoms with Gasteiger partial charge in [0.05, 0.1) is 4.92 Å². The molecule has 0 saturated carbocycles. The van der Waals surface area contributed by atoms with Crippen LogP contribution in [0.5, 0.6) is 0 Å². The van der Waals surface area contributed by atoms with Crippen molar-refractivity contribution < 1.29 is 9.72 Å². The quantitative estimate of drug-likeness (QED) is 0.519. The monoisotopic (exact) mass is 396 g/mol. The van der Waals surface area contributed by atoms with Crippen molar-refractivity contribution in [3.8, 4) is 0 Å². The van der Waals surface area contributed by atoms with Crippen LogP contribution in [0.4, 0.5) is 17.1 Å². The lowest BCUT2D eigenvalue weighted by atomic mass is 10.0. The van der Waals surface area contributed by atoms with E-state index in [9.17, 15) is 14.9 Å². The highest BCUT2D eigenvalue weighted by Crippen LogP contribution is 2.31. The number of amides is 1. The minimum atomic E-state index is -0.404. The first kappa shape index (κ1) is 20.6. The van der Waals surface area contributed by atoms with Crippen LogP contribution in [0.3, 0.4) is 0 Å². The minimum absolute atomic E-state index is 0.0117. The lowest BCUT2D eigenvalue weighted by Gasteiger charge is -2.24. The molecule has 0 spiro atoms. The van der Waals surface area contributed by atoms with E-state index in [2.05, 4.69) is 24.5 Å². The molecule has 1 fully saturated rings. The lowest BCUT2D eigenvalue weighted by molar-refractivity contribution is -0.384. The molecule has 7 nitrogen and oxygen atoms in total. The number of benzene rings is 2. The molecule has 1 aliphatic rings. The number of nitro groups is 1. The van der Waals surface area contributed by atoms with Crippen molar-refractivity contribution in [3.63, 3.8) is 0 Å². The maximum absolute atomic E-state index is 12.7. The first-order valence-electron chi connectivity index (χ1n) is 10.1. The van der Waals surface area contributed by atoms with Crippen molar-refractivity contribution in [2.75, 3.05) is 29.9 Å². The van der Waals surface area contributed by atoms with Gasteiger partial charge >= 0.3 is 0 Å². The average Bonchev–Trinajstić information content (AvgIpc) is 3.25. The van der Waals surface area contributed by atoms with Crippen molar-refractivity contribution in [2.24, 2.45) is 5.92 Å². The fourth-order valence-electron chi connectivity index (χ4n) is 3.54. The van der Waals surface area contributed by atoms with Crippen LogP contribution in [0.15, 0.2) is 48.5 Å². The lowest BCUT2D eigenvalue weighted by Crippen LogP contribution is -2.39. The van der Waals surface area contributed by atoms with Crippen LogP contribution in [0.2, 0.25) is 0 Å². The molecule has 29 heavy (non-hydrogen) atoms. The van der Waals surface area contributed by atoms with Gasteiger partial charge in [-0.1, -0.05) is 32.0 Å². The number of para-hydroxylation sites is 1. The maximum atomic E-state index is 12.7. The Morgan fingerprint density at radius 2 is 1.83 bits per heavy atom. The molecule has 0 radical (unpaired) electrons. The van der Waals surface area contributed by atoms with E-state index < -0.39 is 4.92 Å². The topological polar surface area (TPSA) is 87.5 Å². The number of nitrogens with zero attached hydrogens (tertiary/aromatic N) is 2. The SMILES string of the molecule is CC(C)C(CNC(=O)c1ccc(N2CCCC2)c([N+](=O)[O-])c1)Nc1ccccc1. The number of anilines is 2. The van der Waals surface area contributed by atoms with Gasteiger partial charge in [0.15, 0.2) is 0 Å². The molecule has 2 aromatic carbocycles. The zero-order chi connectivity index (χ0) is 20.8. The van der Waals surface area contributed by atoms with Crippen molar-refractivity contribution in [3.05, 3.63) is 64.2 Å². The van der Waals surface area contributed by atoms with Gasteiger partial charge in [-0.15, -0.1) is 0 Å². The van der Waals surface area contributed by atoms with Crippen LogP contribution in [-0.2, 0) is 0 Å². The van der Waals surface area contributed by atoms with E-state index in [0.717, 1.165) is 31.6 Å². The van der Waals surface area contributed by atoms with Crippen molar-refractivity contribution in [2.45, 2.75) is 32.7 Å². The Morgan fingerprint density at radius 3 is 2.45 bits per heavy atom. The molecule has 7 heteroatoms. The molecule has 1 atom stereocenters. The Kier molecular flexibility index (Phi) is 6.69. The van der Waals surface area contributed by atoms with E-state index in [-0.39, 0.29) is 17.6 Å². The first-order valence-corrected chi connectivity index (χ1v) is 10.1. The van der Waals surface area contributed by atoms with Gasteiger partial charge in [-0.05, 0) is 43.0 Å². The summed E-state index contributed by atoms with van der Waals surface area (Å²) in [6, 6.07) is 14.6. The van der Waals surface area contributed by atoms with Crippen LogP contribution in [0.25, 0.3) is 0 Å². The van der Waals surface area contributed by atoms with E-state index >= 15 is 0 Å². The van der Waals surface area contributed by atoms with Crippen molar-refractivity contribution in [1.29, 1.82) is 0 Å². The van der Waals surface area contributed by atoms with Crippen molar-refractivity contribution >= 4 is 23.0 Å². The maximum Gasteiger partial charge on any atom is 0.293 e. The second kappa shape index (κ2) is 9.41. The van der Waals surface area contributed by atoms with Crippen LogP contribution < -0.4 is 15.5 Å². The van der Waals surface area contributed by atoms with Crippen LogP contribution in [-0.4, -0.2) is 36.5 Å². The predicted molar refractivity (Wildman–Crippen MR) is 116 cm³/mol. The van der Waals surface area contributed by atoms with Crippen LogP contribution >= 0.6 is 0 Å². The summed E-state index contributed by atoms with van der Waals surface area (Å²) in [5.41, 5.74) is 1.88. The van der Waals surface area contributed by atoms with E-state index in [0.29, 0.717) is 23.7 Å². The fraction of sp³-hybridized carbons (Fsp3) is 0.409. The second-order valence-corrected chi connectivity index (χ2v) is 7.73. The van der Waals surface area contributed by atoms with E-state index in [1.165, 1.54) is 6.07 Å². The molecule has 2 aromatic rings. The summed E-state index contributed by atoms with van der Waals surface area (Å²) in [6.07, 6.45) is 2.06. The number of carbonyl (C=O) groups is 1. The highest BCUT2D eigenvalue weighted by Gasteiger charge is 2.24. The molecule has 0 bridgehead atoms. The summed E-state index contributed by atoms with van der Waals surface area (Å²) in [5.74, 6) is -0.0102. The van der Waals surface area contributed by atoms with E-state index in [1.807, 2.05) is 35.2 Å². The van der Waals surface area contributed by atoms with Gasteiger partial charge in [-0.3, -0.25) is 14.9 Å². The Labute approximate surface area is 171 Å². The molecule has 0 aromatic heterocycles. The van der Waals surface area contributed by atoms with Gasteiger partial charge in [0.1, 0.15) is 5.69 Å². The minimum Gasteiger partial charge on any atom is -0.380 e. The predicted octanol–water partition coefficient (Wildman–Crippen LogP) is 4.06. The zero-order valence-electron chi connectivity index (χ0n) is 16.9. The number of hydrogen-bond donors (Lipinski definition) is 2. The van der Waals surface area contributed by atoms with Gasteiger partial charge in [0.25, 0.3) is 11.6 Å². The molecular weight excluding hydrogens is 368 g/mol. The number of hydrogen-bond acceptors (Lipinski definition) is 5. The molecule has 1 heterocycles. The average molecular weight is 396 g/mol. The first-order chi connectivity index (χ1) is 14.0. The summed E-state index contributed by atoms with van der Waals surface area (Å²) in [7, 11) is 0. The normalized spacial score (nSPS) is 14.7. The van der Waals surface area contributed by atoms with E-state index in [1.54, 1.807) is 12.1 Å². The standard InChI is InChI=1S/C22H28N4O3/c1-16(2)19(24-18-8-4-3-5-9-18)15-23-22(27)17-10-11-20(21(14-17)26(28)29)25-12-6-7-13-25/h3-5,8-11,14,16,19,24H,6-7,12-13,15H2,1-2H3,(H,23,27). The summed E-state index contributed by atoms with van der Waals surface area (Å²) in [6.45, 7) is 6.22. The second-order valence-electron chi connectivity index (χ2n) is 7.73. The van der Waals surface area contributed by atoms with Gasteiger partial charge < -0.3 is 15.5 Å². The third-order valence-corrected chi connectivity index (χ3v) is 5.29.